The number of rotatable bonds is 4. The van der Waals surface area contributed by atoms with Crippen LogP contribution in [0, 0.1) is 13.8 Å². The molecule has 4 nitrogen and oxygen atoms in total. The van der Waals surface area contributed by atoms with Gasteiger partial charge in [0.05, 0.1) is 5.69 Å². The van der Waals surface area contributed by atoms with Crippen LogP contribution in [0.4, 0.5) is 0 Å². The first-order valence-electron chi connectivity index (χ1n) is 6.71. The molecule has 1 aromatic carbocycles. The highest BCUT2D eigenvalue weighted by Gasteiger charge is 2.22. The van der Waals surface area contributed by atoms with Gasteiger partial charge < -0.3 is 14.6 Å². The fraction of sp³-hybridized carbons (Fsp3) is 0.400. The van der Waals surface area contributed by atoms with E-state index < -0.39 is 0 Å². The number of halogens is 1. The zero-order valence-electron chi connectivity index (χ0n) is 11.6. The van der Waals surface area contributed by atoms with Gasteiger partial charge in [0.1, 0.15) is 17.6 Å². The summed E-state index contributed by atoms with van der Waals surface area (Å²) in [7, 11) is 0. The van der Waals surface area contributed by atoms with Crippen molar-refractivity contribution >= 4 is 11.6 Å². The summed E-state index contributed by atoms with van der Waals surface area (Å²) in [5.41, 5.74) is 3.25. The first-order valence-corrected chi connectivity index (χ1v) is 7.09. The Bertz CT molecular complexity index is 605. The molecule has 0 bridgehead atoms. The summed E-state index contributed by atoms with van der Waals surface area (Å²) in [5.74, 6) is 1.82. The van der Waals surface area contributed by atoms with E-state index in [-0.39, 0.29) is 6.10 Å². The third kappa shape index (κ3) is 2.67. The number of nitrogens with zero attached hydrogens (tertiary/aromatic N) is 1. The molecule has 0 spiro atoms. The van der Waals surface area contributed by atoms with Crippen LogP contribution in [0.5, 0.6) is 5.75 Å². The third-order valence-corrected chi connectivity index (χ3v) is 3.85. The molecule has 2 heterocycles. The molecule has 0 fully saturated rings. The molecule has 5 heteroatoms. The fourth-order valence-electron chi connectivity index (χ4n) is 2.52. The van der Waals surface area contributed by atoms with E-state index >= 15 is 0 Å². The minimum atomic E-state index is 0.156. The molecule has 20 heavy (non-hydrogen) atoms. The monoisotopic (exact) mass is 292 g/mol. The number of nitrogens with one attached hydrogen (secondary N) is 1. The minimum Gasteiger partial charge on any atom is -0.488 e. The Kier molecular flexibility index (Phi) is 3.68. The predicted molar refractivity (Wildman–Crippen MR) is 77.3 cm³/mol. The van der Waals surface area contributed by atoms with Crippen LogP contribution >= 0.6 is 11.6 Å². The maximum Gasteiger partial charge on any atom is 0.138 e. The number of fused-ring (bicyclic) bond motifs is 1. The Labute approximate surface area is 123 Å². The van der Waals surface area contributed by atoms with Crippen molar-refractivity contribution in [2.45, 2.75) is 32.9 Å². The van der Waals surface area contributed by atoms with Gasteiger partial charge in [0, 0.05) is 30.1 Å². The Hall–Kier alpha value is -1.52. The van der Waals surface area contributed by atoms with Crippen LogP contribution in [0.1, 0.15) is 22.6 Å². The largest absolute Gasteiger partial charge is 0.488 e. The molecule has 1 aromatic heterocycles. The van der Waals surface area contributed by atoms with Crippen LogP contribution in [0.15, 0.2) is 22.7 Å². The van der Waals surface area contributed by atoms with Crippen LogP contribution in [0.2, 0.25) is 5.02 Å². The molecule has 1 aliphatic heterocycles. The molecular formula is C15H17ClN2O2. The van der Waals surface area contributed by atoms with Crippen LogP contribution in [0.25, 0.3) is 0 Å². The number of aryl methyl sites for hydroxylation is 2. The molecule has 1 aliphatic rings. The average Bonchev–Trinajstić information content (AvgIpc) is 2.95. The first kappa shape index (κ1) is 13.5. The van der Waals surface area contributed by atoms with E-state index in [1.165, 1.54) is 5.56 Å². The lowest BCUT2D eigenvalue weighted by Crippen LogP contribution is -2.29. The van der Waals surface area contributed by atoms with E-state index in [2.05, 4.69) is 10.5 Å². The molecule has 2 aromatic rings. The SMILES string of the molecule is Cc1noc(C)c1CNCC1Cc2cc(Cl)ccc2O1. The topological polar surface area (TPSA) is 47.3 Å². The summed E-state index contributed by atoms with van der Waals surface area (Å²) < 4.78 is 11.0. The number of hydrogen-bond acceptors (Lipinski definition) is 4. The standard InChI is InChI=1S/C15H17ClN2O2/c1-9-14(10(2)20-18-9)8-17-7-13-6-11-5-12(16)3-4-15(11)19-13/h3-5,13,17H,6-8H2,1-2H3. The highest BCUT2D eigenvalue weighted by atomic mass is 35.5. The van der Waals surface area contributed by atoms with Crippen molar-refractivity contribution in [3.8, 4) is 5.75 Å². The van der Waals surface area contributed by atoms with Crippen LogP contribution in [0.3, 0.4) is 0 Å². The molecule has 1 unspecified atom stereocenters. The van der Waals surface area contributed by atoms with Crippen LogP contribution in [-0.2, 0) is 13.0 Å². The summed E-state index contributed by atoms with van der Waals surface area (Å²) in [4.78, 5) is 0. The third-order valence-electron chi connectivity index (χ3n) is 3.62. The van der Waals surface area contributed by atoms with Gasteiger partial charge in [0.15, 0.2) is 0 Å². The van der Waals surface area contributed by atoms with Crippen molar-refractivity contribution in [2.24, 2.45) is 0 Å². The summed E-state index contributed by atoms with van der Waals surface area (Å²) in [6.45, 7) is 5.42. The average molecular weight is 293 g/mol. The van der Waals surface area contributed by atoms with Crippen LogP contribution < -0.4 is 10.1 Å². The highest BCUT2D eigenvalue weighted by molar-refractivity contribution is 6.30. The van der Waals surface area contributed by atoms with Crippen molar-refractivity contribution in [1.82, 2.24) is 10.5 Å². The Balaban J connectivity index is 1.54. The Morgan fingerprint density at radius 2 is 2.25 bits per heavy atom. The van der Waals surface area contributed by atoms with Crippen molar-refractivity contribution in [2.75, 3.05) is 6.54 Å². The summed E-state index contributed by atoms with van der Waals surface area (Å²) in [6.07, 6.45) is 1.05. The van der Waals surface area contributed by atoms with E-state index in [1.54, 1.807) is 0 Å². The molecule has 1 N–H and O–H groups in total. The molecule has 0 saturated heterocycles. The number of aromatic nitrogens is 1. The Morgan fingerprint density at radius 1 is 1.40 bits per heavy atom. The number of hydrogen-bond donors (Lipinski definition) is 1. The summed E-state index contributed by atoms with van der Waals surface area (Å²) >= 11 is 5.99. The van der Waals surface area contributed by atoms with Crippen molar-refractivity contribution < 1.29 is 9.26 Å². The van der Waals surface area contributed by atoms with Crippen molar-refractivity contribution in [3.63, 3.8) is 0 Å². The summed E-state index contributed by atoms with van der Waals surface area (Å²) in [6, 6.07) is 5.77. The van der Waals surface area contributed by atoms with Gasteiger partial charge >= 0.3 is 0 Å². The van der Waals surface area contributed by atoms with Gasteiger partial charge in [-0.2, -0.15) is 0 Å². The molecule has 0 amide bonds. The van der Waals surface area contributed by atoms with E-state index in [0.29, 0.717) is 0 Å². The van der Waals surface area contributed by atoms with Crippen molar-refractivity contribution in [1.29, 1.82) is 0 Å². The van der Waals surface area contributed by atoms with Crippen molar-refractivity contribution in [3.05, 3.63) is 45.8 Å². The molecule has 0 aliphatic carbocycles. The zero-order chi connectivity index (χ0) is 14.1. The zero-order valence-corrected chi connectivity index (χ0v) is 12.3. The van der Waals surface area contributed by atoms with E-state index in [4.69, 9.17) is 20.9 Å². The number of ether oxygens (including phenoxy) is 1. The van der Waals surface area contributed by atoms with E-state index in [9.17, 15) is 0 Å². The van der Waals surface area contributed by atoms with E-state index in [1.807, 2.05) is 32.0 Å². The second-order valence-corrected chi connectivity index (χ2v) is 5.57. The maximum absolute atomic E-state index is 5.99. The molecule has 3 rings (SSSR count). The van der Waals surface area contributed by atoms with Crippen LogP contribution in [-0.4, -0.2) is 17.8 Å². The van der Waals surface area contributed by atoms with Gasteiger partial charge in [-0.25, -0.2) is 0 Å². The maximum atomic E-state index is 5.99. The molecule has 0 saturated carbocycles. The number of benzene rings is 1. The van der Waals surface area contributed by atoms with Gasteiger partial charge in [-0.1, -0.05) is 16.8 Å². The fourth-order valence-corrected chi connectivity index (χ4v) is 2.71. The van der Waals surface area contributed by atoms with Gasteiger partial charge in [0.25, 0.3) is 0 Å². The lowest BCUT2D eigenvalue weighted by molar-refractivity contribution is 0.227. The smallest absolute Gasteiger partial charge is 0.138 e. The molecule has 106 valence electrons. The van der Waals surface area contributed by atoms with E-state index in [0.717, 1.165) is 47.3 Å². The quantitative estimate of drug-likeness (QED) is 0.941. The Morgan fingerprint density at radius 3 is 3.00 bits per heavy atom. The summed E-state index contributed by atoms with van der Waals surface area (Å²) in [5, 5.41) is 8.11. The molecule has 1 atom stereocenters. The molecular weight excluding hydrogens is 276 g/mol. The van der Waals surface area contributed by atoms with Gasteiger partial charge in [0.2, 0.25) is 0 Å². The van der Waals surface area contributed by atoms with Gasteiger partial charge in [-0.05, 0) is 37.6 Å². The van der Waals surface area contributed by atoms with Gasteiger partial charge in [-0.15, -0.1) is 0 Å². The first-order chi connectivity index (χ1) is 9.63. The lowest BCUT2D eigenvalue weighted by atomic mass is 10.1. The highest BCUT2D eigenvalue weighted by Crippen LogP contribution is 2.30. The normalized spacial score (nSPS) is 17.1. The van der Waals surface area contributed by atoms with Gasteiger partial charge in [-0.3, -0.25) is 0 Å². The lowest BCUT2D eigenvalue weighted by Gasteiger charge is -2.11. The predicted octanol–water partition coefficient (Wildman–Crippen LogP) is 3.04. The minimum absolute atomic E-state index is 0.156. The second kappa shape index (κ2) is 5.46. The second-order valence-electron chi connectivity index (χ2n) is 5.13. The molecule has 0 radical (unpaired) electrons.